The van der Waals surface area contributed by atoms with E-state index in [2.05, 4.69) is 64.1 Å². The average Bonchev–Trinajstić information content (AvgIpc) is 3.02. The molecule has 0 saturated carbocycles. The van der Waals surface area contributed by atoms with Gasteiger partial charge in [-0.3, -0.25) is 14.9 Å². The summed E-state index contributed by atoms with van der Waals surface area (Å²) in [6, 6.07) is 4.61. The zero-order chi connectivity index (χ0) is 22.1. The van der Waals surface area contributed by atoms with Gasteiger partial charge in [0.05, 0.1) is 30.4 Å². The molecule has 0 radical (unpaired) electrons. The fraction of sp³-hybridized carbons (Fsp3) is 0.600. The number of aliphatic hydroxyl groups is 1. The standard InChI is InChI=1S/C25H36N6O/c1-28-13-15-30(16-14-28)24-11-5-10-23-27-20(22(18-32)31(23)24)17-29(2)21-9-4-3-7-19-8-6-12-26-25(19)21/h5-6,8,10-12,20-22,32H,3-4,7,9,13-18H2,1-2H3. The van der Waals surface area contributed by atoms with Gasteiger partial charge in [0, 0.05) is 38.9 Å². The van der Waals surface area contributed by atoms with Gasteiger partial charge in [-0.25, -0.2) is 0 Å². The number of aromatic nitrogens is 1. The second-order valence-electron chi connectivity index (χ2n) is 9.60. The molecule has 1 N–H and O–H groups in total. The number of hydrogen-bond donors (Lipinski definition) is 1. The van der Waals surface area contributed by atoms with E-state index in [0.717, 1.165) is 51.4 Å². The van der Waals surface area contributed by atoms with Crippen molar-refractivity contribution in [2.24, 2.45) is 4.99 Å². The Balaban J connectivity index is 1.34. The first-order chi connectivity index (χ1) is 15.7. The molecule has 32 heavy (non-hydrogen) atoms. The maximum atomic E-state index is 10.4. The molecule has 0 aromatic carbocycles. The molecule has 0 bridgehead atoms. The first-order valence-corrected chi connectivity index (χ1v) is 12.1. The van der Waals surface area contributed by atoms with Gasteiger partial charge in [-0.1, -0.05) is 18.6 Å². The SMILES string of the molecule is CN1CCN(C2=CC=CC3=NC(CN(C)C4CCCCc5cccnc54)C(CO)N23)CC1. The van der Waals surface area contributed by atoms with Crippen LogP contribution in [0.3, 0.4) is 0 Å². The predicted molar refractivity (Wildman–Crippen MR) is 127 cm³/mol. The topological polar surface area (TPSA) is 58.4 Å². The Hall–Kier alpha value is -2.22. The third-order valence-corrected chi connectivity index (χ3v) is 7.49. The molecule has 1 aromatic rings. The van der Waals surface area contributed by atoms with E-state index in [4.69, 9.17) is 9.98 Å². The molecule has 7 nitrogen and oxygen atoms in total. The summed E-state index contributed by atoms with van der Waals surface area (Å²) in [7, 11) is 4.38. The summed E-state index contributed by atoms with van der Waals surface area (Å²) in [6.07, 6.45) is 13.0. The lowest BCUT2D eigenvalue weighted by Crippen LogP contribution is -2.52. The molecule has 4 aliphatic rings. The van der Waals surface area contributed by atoms with Crippen molar-refractivity contribution in [3.8, 4) is 0 Å². The number of rotatable bonds is 5. The first kappa shape index (κ1) is 21.6. The van der Waals surface area contributed by atoms with E-state index in [0.29, 0.717) is 6.04 Å². The summed E-state index contributed by atoms with van der Waals surface area (Å²) in [5, 5.41) is 10.4. The molecular formula is C25H36N6O. The van der Waals surface area contributed by atoms with Crippen LogP contribution in [0.25, 0.3) is 0 Å². The molecule has 1 saturated heterocycles. The van der Waals surface area contributed by atoms with Crippen molar-refractivity contribution in [1.82, 2.24) is 24.6 Å². The highest BCUT2D eigenvalue weighted by molar-refractivity contribution is 5.97. The van der Waals surface area contributed by atoms with Gasteiger partial charge in [0.25, 0.3) is 0 Å². The number of hydrogen-bond acceptors (Lipinski definition) is 7. The number of aliphatic imine (C=N–C) groups is 1. The summed E-state index contributed by atoms with van der Waals surface area (Å²) >= 11 is 0. The number of amidine groups is 1. The lowest BCUT2D eigenvalue weighted by molar-refractivity contribution is 0.116. The number of piperazine rings is 1. The summed E-state index contributed by atoms with van der Waals surface area (Å²) < 4.78 is 0. The van der Waals surface area contributed by atoms with E-state index in [1.807, 2.05) is 6.20 Å². The van der Waals surface area contributed by atoms with Crippen molar-refractivity contribution in [2.45, 2.75) is 43.8 Å². The van der Waals surface area contributed by atoms with Crippen LogP contribution in [0.1, 0.15) is 36.6 Å². The minimum Gasteiger partial charge on any atom is -0.394 e. The van der Waals surface area contributed by atoms with Crippen LogP contribution >= 0.6 is 0 Å². The Kier molecular flexibility index (Phi) is 6.31. The predicted octanol–water partition coefficient (Wildman–Crippen LogP) is 1.88. The summed E-state index contributed by atoms with van der Waals surface area (Å²) in [6.45, 7) is 5.05. The number of likely N-dealkylation sites (N-methyl/N-ethyl adjacent to an activating group) is 2. The zero-order valence-corrected chi connectivity index (χ0v) is 19.4. The second kappa shape index (κ2) is 9.33. The highest BCUT2D eigenvalue weighted by atomic mass is 16.3. The molecule has 0 amide bonds. The lowest BCUT2D eigenvalue weighted by Gasteiger charge is -2.42. The molecule has 3 aliphatic heterocycles. The Morgan fingerprint density at radius 1 is 1.19 bits per heavy atom. The van der Waals surface area contributed by atoms with Gasteiger partial charge in [-0.05, 0) is 57.1 Å². The van der Waals surface area contributed by atoms with E-state index in [1.54, 1.807) is 0 Å². The number of aryl methyl sites for hydroxylation is 1. The highest BCUT2D eigenvalue weighted by Crippen LogP contribution is 2.33. The van der Waals surface area contributed by atoms with Crippen LogP contribution in [0.15, 0.2) is 47.4 Å². The number of aliphatic hydroxyl groups excluding tert-OH is 1. The molecular weight excluding hydrogens is 400 g/mol. The van der Waals surface area contributed by atoms with Gasteiger partial charge >= 0.3 is 0 Å². The van der Waals surface area contributed by atoms with Crippen molar-refractivity contribution in [1.29, 1.82) is 0 Å². The van der Waals surface area contributed by atoms with Crippen molar-refractivity contribution >= 4 is 5.84 Å². The van der Waals surface area contributed by atoms with Crippen molar-refractivity contribution in [3.63, 3.8) is 0 Å². The number of allylic oxidation sites excluding steroid dienone is 2. The number of pyridine rings is 1. The summed E-state index contributed by atoms with van der Waals surface area (Å²) in [4.78, 5) is 19.4. The molecule has 1 aliphatic carbocycles. The van der Waals surface area contributed by atoms with Gasteiger partial charge in [0.2, 0.25) is 0 Å². The number of fused-ring (bicyclic) bond motifs is 2. The molecule has 5 rings (SSSR count). The Labute approximate surface area is 191 Å². The number of nitrogens with zero attached hydrogens (tertiary/aromatic N) is 6. The van der Waals surface area contributed by atoms with Gasteiger partial charge in [0.1, 0.15) is 11.7 Å². The van der Waals surface area contributed by atoms with E-state index >= 15 is 0 Å². The van der Waals surface area contributed by atoms with Gasteiger partial charge in [-0.15, -0.1) is 0 Å². The van der Waals surface area contributed by atoms with E-state index < -0.39 is 0 Å². The van der Waals surface area contributed by atoms with E-state index in [9.17, 15) is 5.11 Å². The van der Waals surface area contributed by atoms with Crippen LogP contribution in [-0.2, 0) is 6.42 Å². The Morgan fingerprint density at radius 2 is 2.03 bits per heavy atom. The quantitative estimate of drug-likeness (QED) is 0.712. The minimum absolute atomic E-state index is 0.0303. The zero-order valence-electron chi connectivity index (χ0n) is 19.4. The van der Waals surface area contributed by atoms with Crippen LogP contribution in [0.4, 0.5) is 0 Å². The smallest absolute Gasteiger partial charge is 0.129 e. The molecule has 7 heteroatoms. The van der Waals surface area contributed by atoms with Crippen molar-refractivity contribution < 1.29 is 5.11 Å². The molecule has 3 atom stereocenters. The fourth-order valence-electron chi connectivity index (χ4n) is 5.63. The van der Waals surface area contributed by atoms with Crippen LogP contribution in [-0.4, -0.2) is 101 Å². The van der Waals surface area contributed by atoms with Gasteiger partial charge in [0.15, 0.2) is 0 Å². The lowest BCUT2D eigenvalue weighted by atomic mass is 10.0. The van der Waals surface area contributed by atoms with Crippen LogP contribution in [0.2, 0.25) is 0 Å². The summed E-state index contributed by atoms with van der Waals surface area (Å²) in [5.74, 6) is 2.17. The van der Waals surface area contributed by atoms with Gasteiger partial charge in [-0.2, -0.15) is 0 Å². The average molecular weight is 437 g/mol. The molecule has 4 heterocycles. The first-order valence-electron chi connectivity index (χ1n) is 12.1. The molecule has 1 aromatic heterocycles. The Bertz CT molecular complexity index is 903. The van der Waals surface area contributed by atoms with Crippen molar-refractivity contribution in [2.75, 3.05) is 53.4 Å². The van der Waals surface area contributed by atoms with Crippen LogP contribution < -0.4 is 0 Å². The van der Waals surface area contributed by atoms with E-state index in [-0.39, 0.29) is 18.7 Å². The fourth-order valence-corrected chi connectivity index (χ4v) is 5.63. The Morgan fingerprint density at radius 3 is 2.84 bits per heavy atom. The third-order valence-electron chi connectivity index (χ3n) is 7.49. The molecule has 0 spiro atoms. The van der Waals surface area contributed by atoms with Crippen LogP contribution in [0, 0.1) is 0 Å². The second-order valence-corrected chi connectivity index (χ2v) is 9.60. The van der Waals surface area contributed by atoms with Crippen molar-refractivity contribution in [3.05, 3.63) is 53.6 Å². The highest BCUT2D eigenvalue weighted by Gasteiger charge is 2.40. The minimum atomic E-state index is -0.0303. The van der Waals surface area contributed by atoms with E-state index in [1.165, 1.54) is 29.9 Å². The van der Waals surface area contributed by atoms with Crippen LogP contribution in [0.5, 0.6) is 0 Å². The molecule has 172 valence electrons. The largest absolute Gasteiger partial charge is 0.394 e. The molecule has 3 unspecified atom stereocenters. The van der Waals surface area contributed by atoms with Gasteiger partial charge < -0.3 is 19.8 Å². The third kappa shape index (κ3) is 4.09. The summed E-state index contributed by atoms with van der Waals surface area (Å²) in [5.41, 5.74) is 2.62. The maximum absolute atomic E-state index is 10.4. The monoisotopic (exact) mass is 436 g/mol. The maximum Gasteiger partial charge on any atom is 0.129 e. The molecule has 1 fully saturated rings. The normalized spacial score (nSPS) is 28.3.